The van der Waals surface area contributed by atoms with E-state index in [1.165, 1.54) is 7.11 Å². The van der Waals surface area contributed by atoms with Crippen molar-refractivity contribution < 1.29 is 19.0 Å². The predicted molar refractivity (Wildman–Crippen MR) is 102 cm³/mol. The van der Waals surface area contributed by atoms with Gasteiger partial charge in [-0.2, -0.15) is 0 Å². The molecule has 0 aliphatic rings. The maximum atomic E-state index is 11.9. The van der Waals surface area contributed by atoms with E-state index in [-0.39, 0.29) is 0 Å². The predicted octanol–water partition coefficient (Wildman–Crippen LogP) is 2.37. The van der Waals surface area contributed by atoms with Crippen molar-refractivity contribution in [2.45, 2.75) is 19.4 Å². The summed E-state index contributed by atoms with van der Waals surface area (Å²) in [5.74, 6) is 0.775. The molecule has 0 spiro atoms. The Balaban J connectivity index is 2.18. The molecule has 7 nitrogen and oxygen atoms in total. The van der Waals surface area contributed by atoms with Crippen LogP contribution in [0.1, 0.15) is 11.3 Å². The number of carbonyl (C=O) groups excluding carboxylic acids is 1. The molecule has 2 aromatic heterocycles. The molecule has 142 valence electrons. The molecule has 1 aromatic carbocycles. The summed E-state index contributed by atoms with van der Waals surface area (Å²) in [5, 5.41) is 0. The zero-order valence-electron chi connectivity index (χ0n) is 15.9. The van der Waals surface area contributed by atoms with Crippen LogP contribution >= 0.6 is 0 Å². The van der Waals surface area contributed by atoms with E-state index < -0.39 is 12.0 Å². The van der Waals surface area contributed by atoms with Crippen molar-refractivity contribution in [3.8, 4) is 22.8 Å². The van der Waals surface area contributed by atoms with Crippen LogP contribution in [0.4, 0.5) is 0 Å². The fourth-order valence-electron chi connectivity index (χ4n) is 3.11. The monoisotopic (exact) mass is 369 g/mol. The van der Waals surface area contributed by atoms with Gasteiger partial charge in [-0.15, -0.1) is 0 Å². The van der Waals surface area contributed by atoms with E-state index in [2.05, 4.69) is 0 Å². The Morgan fingerprint density at radius 3 is 2.59 bits per heavy atom. The number of nitrogens with zero attached hydrogens (tertiary/aromatic N) is 2. The molecule has 0 fully saturated rings. The standard InChI is InChI=1S/C20H23N3O4/c1-12-6-5-9-23-15(11-14(21)20(24)27-4)18(22-19(12)23)13-7-8-16(25-2)17(10-13)26-3/h5-10,14H,11,21H2,1-4H3. The third kappa shape index (κ3) is 3.46. The number of nitrogens with two attached hydrogens (primary N) is 1. The summed E-state index contributed by atoms with van der Waals surface area (Å²) in [6.45, 7) is 1.99. The molecule has 3 aromatic rings. The topological polar surface area (TPSA) is 88.1 Å². The Kier molecular flexibility index (Phi) is 5.32. The molecule has 0 saturated heterocycles. The number of rotatable bonds is 6. The molecule has 1 unspecified atom stereocenters. The smallest absolute Gasteiger partial charge is 0.323 e. The number of benzene rings is 1. The molecule has 0 amide bonds. The number of pyridine rings is 1. The van der Waals surface area contributed by atoms with Gasteiger partial charge in [-0.05, 0) is 36.8 Å². The number of ether oxygens (including phenoxy) is 3. The van der Waals surface area contributed by atoms with Gasteiger partial charge >= 0.3 is 5.97 Å². The van der Waals surface area contributed by atoms with E-state index in [0.29, 0.717) is 17.9 Å². The van der Waals surface area contributed by atoms with Gasteiger partial charge in [-0.3, -0.25) is 4.79 Å². The van der Waals surface area contributed by atoms with Gasteiger partial charge in [0.05, 0.1) is 32.7 Å². The summed E-state index contributed by atoms with van der Waals surface area (Å²) >= 11 is 0. The Bertz CT molecular complexity index is 981. The van der Waals surface area contributed by atoms with Crippen molar-refractivity contribution in [1.82, 2.24) is 9.38 Å². The lowest BCUT2D eigenvalue weighted by Gasteiger charge is -2.12. The van der Waals surface area contributed by atoms with Crippen LogP contribution in [0.15, 0.2) is 36.5 Å². The van der Waals surface area contributed by atoms with Crippen molar-refractivity contribution in [3.63, 3.8) is 0 Å². The maximum Gasteiger partial charge on any atom is 0.323 e. The van der Waals surface area contributed by atoms with E-state index in [4.69, 9.17) is 24.9 Å². The van der Waals surface area contributed by atoms with Crippen LogP contribution in [0.2, 0.25) is 0 Å². The summed E-state index contributed by atoms with van der Waals surface area (Å²) in [7, 11) is 4.51. The minimum Gasteiger partial charge on any atom is -0.493 e. The number of carbonyl (C=O) groups is 1. The SMILES string of the molecule is COC(=O)C(N)Cc1c(-c2ccc(OC)c(OC)c2)nc2c(C)cccn12. The molecular weight excluding hydrogens is 346 g/mol. The fourth-order valence-corrected chi connectivity index (χ4v) is 3.11. The molecule has 0 aliphatic heterocycles. The third-order valence-electron chi connectivity index (χ3n) is 4.52. The second-order valence-electron chi connectivity index (χ2n) is 6.20. The van der Waals surface area contributed by atoms with Crippen LogP contribution in [-0.2, 0) is 16.0 Å². The molecule has 7 heteroatoms. The highest BCUT2D eigenvalue weighted by molar-refractivity contribution is 5.77. The molecule has 0 aliphatic carbocycles. The maximum absolute atomic E-state index is 11.9. The van der Waals surface area contributed by atoms with Crippen molar-refractivity contribution in [2.75, 3.05) is 21.3 Å². The molecule has 0 bridgehead atoms. The highest BCUT2D eigenvalue weighted by Gasteiger charge is 2.22. The molecule has 2 N–H and O–H groups in total. The third-order valence-corrected chi connectivity index (χ3v) is 4.52. The Morgan fingerprint density at radius 2 is 1.93 bits per heavy atom. The Morgan fingerprint density at radius 1 is 1.19 bits per heavy atom. The Labute approximate surface area is 157 Å². The lowest BCUT2D eigenvalue weighted by Crippen LogP contribution is -2.34. The van der Waals surface area contributed by atoms with E-state index in [0.717, 1.165) is 28.2 Å². The number of esters is 1. The quantitative estimate of drug-likeness (QED) is 0.671. The van der Waals surface area contributed by atoms with Gasteiger partial charge in [-0.25, -0.2) is 4.98 Å². The number of aromatic nitrogens is 2. The zero-order valence-corrected chi connectivity index (χ0v) is 15.9. The summed E-state index contributed by atoms with van der Waals surface area (Å²) in [5.41, 5.74) is 10.3. The molecular formula is C20H23N3O4. The van der Waals surface area contributed by atoms with Gasteiger partial charge in [0, 0.05) is 18.2 Å². The lowest BCUT2D eigenvalue weighted by molar-refractivity contribution is -0.142. The number of hydrogen-bond acceptors (Lipinski definition) is 6. The van der Waals surface area contributed by atoms with Crippen molar-refractivity contribution in [3.05, 3.63) is 47.8 Å². The van der Waals surface area contributed by atoms with Crippen molar-refractivity contribution in [2.24, 2.45) is 5.73 Å². The van der Waals surface area contributed by atoms with Gasteiger partial charge in [0.1, 0.15) is 11.7 Å². The van der Waals surface area contributed by atoms with E-state index in [1.807, 2.05) is 47.9 Å². The minimum absolute atomic E-state index is 0.293. The average Bonchev–Trinajstić information content (AvgIpc) is 3.06. The van der Waals surface area contributed by atoms with Gasteiger partial charge in [0.2, 0.25) is 0 Å². The first kappa shape index (κ1) is 18.7. The summed E-state index contributed by atoms with van der Waals surface area (Å²) in [6, 6.07) is 8.75. The number of hydrogen-bond donors (Lipinski definition) is 1. The first-order valence-electron chi connectivity index (χ1n) is 8.52. The highest BCUT2D eigenvalue weighted by atomic mass is 16.5. The Hall–Kier alpha value is -3.06. The average molecular weight is 369 g/mol. The van der Waals surface area contributed by atoms with Crippen LogP contribution in [0.5, 0.6) is 11.5 Å². The van der Waals surface area contributed by atoms with Crippen molar-refractivity contribution in [1.29, 1.82) is 0 Å². The summed E-state index contributed by atoms with van der Waals surface area (Å²) < 4.78 is 17.5. The molecule has 27 heavy (non-hydrogen) atoms. The van der Waals surface area contributed by atoms with Crippen LogP contribution in [-0.4, -0.2) is 42.7 Å². The molecule has 0 saturated carbocycles. The summed E-state index contributed by atoms with van der Waals surface area (Å²) in [6.07, 6.45) is 2.21. The summed E-state index contributed by atoms with van der Waals surface area (Å²) in [4.78, 5) is 16.7. The zero-order chi connectivity index (χ0) is 19.6. The van der Waals surface area contributed by atoms with Crippen LogP contribution in [0.3, 0.4) is 0 Å². The van der Waals surface area contributed by atoms with E-state index in [1.54, 1.807) is 14.2 Å². The number of imidazole rings is 1. The fraction of sp³-hybridized carbons (Fsp3) is 0.300. The van der Waals surface area contributed by atoms with Gasteiger partial charge in [-0.1, -0.05) is 6.07 Å². The second kappa shape index (κ2) is 7.67. The molecule has 3 rings (SSSR count). The number of aryl methyl sites for hydroxylation is 1. The molecule has 0 radical (unpaired) electrons. The normalized spacial score (nSPS) is 12.0. The first-order valence-corrected chi connectivity index (χ1v) is 8.52. The van der Waals surface area contributed by atoms with Crippen LogP contribution < -0.4 is 15.2 Å². The van der Waals surface area contributed by atoms with Crippen LogP contribution in [0.25, 0.3) is 16.9 Å². The van der Waals surface area contributed by atoms with E-state index in [9.17, 15) is 4.79 Å². The van der Waals surface area contributed by atoms with Gasteiger partial charge in [0.15, 0.2) is 11.5 Å². The highest BCUT2D eigenvalue weighted by Crippen LogP contribution is 2.34. The molecule has 2 heterocycles. The second-order valence-corrected chi connectivity index (χ2v) is 6.20. The van der Waals surface area contributed by atoms with Gasteiger partial charge in [0.25, 0.3) is 0 Å². The van der Waals surface area contributed by atoms with Gasteiger partial charge < -0.3 is 24.3 Å². The van der Waals surface area contributed by atoms with Crippen LogP contribution in [0, 0.1) is 6.92 Å². The van der Waals surface area contributed by atoms with Crippen molar-refractivity contribution >= 4 is 11.6 Å². The first-order chi connectivity index (χ1) is 13.0. The largest absolute Gasteiger partial charge is 0.493 e. The van der Waals surface area contributed by atoms with E-state index >= 15 is 0 Å². The minimum atomic E-state index is -0.783. The number of fused-ring (bicyclic) bond motifs is 1. The lowest BCUT2D eigenvalue weighted by atomic mass is 10.0. The number of methoxy groups -OCH3 is 3. The molecule has 1 atom stereocenters.